The Morgan fingerprint density at radius 2 is 1.70 bits per heavy atom. The Morgan fingerprint density at radius 3 is 2.48 bits per heavy atom. The van der Waals surface area contributed by atoms with Crippen molar-refractivity contribution in [3.63, 3.8) is 0 Å². The lowest BCUT2D eigenvalue weighted by molar-refractivity contribution is -0.122. The van der Waals surface area contributed by atoms with Gasteiger partial charge in [0.05, 0.1) is 30.1 Å². The largest absolute Gasteiger partial charge is 0.492 e. The maximum Gasteiger partial charge on any atom is 0.259 e. The van der Waals surface area contributed by atoms with E-state index >= 15 is 0 Å². The molecule has 3 aromatic carbocycles. The second-order valence-electron chi connectivity index (χ2n) is 7.69. The fourth-order valence-electron chi connectivity index (χ4n) is 3.90. The second-order valence-corrected chi connectivity index (χ2v) is 7.69. The van der Waals surface area contributed by atoms with Crippen molar-refractivity contribution >= 4 is 34.8 Å². The zero-order valence-corrected chi connectivity index (χ0v) is 18.5. The number of carbonyl (C=O) groups is 3. The Kier molecular flexibility index (Phi) is 6.40. The van der Waals surface area contributed by atoms with Crippen molar-refractivity contribution in [1.29, 1.82) is 0 Å². The van der Waals surface area contributed by atoms with Gasteiger partial charge in [-0.05, 0) is 49.7 Å². The van der Waals surface area contributed by atoms with Gasteiger partial charge >= 0.3 is 0 Å². The number of carbonyl (C=O) groups excluding carboxylic acids is 3. The van der Waals surface area contributed by atoms with E-state index in [4.69, 9.17) is 4.74 Å². The van der Waals surface area contributed by atoms with Crippen LogP contribution in [0, 0.1) is 6.92 Å². The number of nitrogens with zero attached hydrogens (tertiary/aromatic N) is 1. The van der Waals surface area contributed by atoms with Gasteiger partial charge in [-0.2, -0.15) is 0 Å². The molecule has 3 aromatic rings. The van der Waals surface area contributed by atoms with Crippen LogP contribution in [0.5, 0.6) is 5.75 Å². The van der Waals surface area contributed by atoms with Crippen molar-refractivity contribution in [1.82, 2.24) is 0 Å². The maximum atomic E-state index is 13.6. The monoisotopic (exact) mass is 443 g/mol. The summed E-state index contributed by atoms with van der Waals surface area (Å²) in [6.07, 6.45) is -0.210. The summed E-state index contributed by atoms with van der Waals surface area (Å²) in [7, 11) is 0. The first kappa shape index (κ1) is 22.1. The summed E-state index contributed by atoms with van der Waals surface area (Å²) in [5, 5.41) is 5.64. The third-order valence-corrected chi connectivity index (χ3v) is 5.47. The number of amides is 3. The van der Waals surface area contributed by atoms with Gasteiger partial charge in [-0.15, -0.1) is 0 Å². The maximum absolute atomic E-state index is 13.6. The molecule has 1 unspecified atom stereocenters. The molecule has 1 heterocycles. The molecule has 168 valence electrons. The standard InChI is InChI=1S/C26H25N3O4/c1-3-33-23-15-9-7-13-20(23)27-24(30)16-22-25(31)28-19-12-6-8-14-21(19)29(22)26(32)18-11-5-4-10-17(18)2/h4-15,22H,3,16H2,1-2H3,(H,27,30)(H,28,31). The summed E-state index contributed by atoms with van der Waals surface area (Å²) in [6, 6.07) is 20.4. The van der Waals surface area contributed by atoms with E-state index in [-0.39, 0.29) is 12.3 Å². The number of nitrogens with one attached hydrogen (secondary N) is 2. The lowest BCUT2D eigenvalue weighted by Gasteiger charge is -2.36. The molecule has 0 saturated carbocycles. The first-order valence-electron chi connectivity index (χ1n) is 10.8. The van der Waals surface area contributed by atoms with Gasteiger partial charge in [0, 0.05) is 5.56 Å². The predicted molar refractivity (Wildman–Crippen MR) is 128 cm³/mol. The van der Waals surface area contributed by atoms with Crippen LogP contribution in [0.25, 0.3) is 0 Å². The minimum absolute atomic E-state index is 0.210. The quantitative estimate of drug-likeness (QED) is 0.592. The molecule has 1 atom stereocenters. The van der Waals surface area contributed by atoms with E-state index in [0.717, 1.165) is 5.56 Å². The van der Waals surface area contributed by atoms with Crippen molar-refractivity contribution in [2.24, 2.45) is 0 Å². The lowest BCUT2D eigenvalue weighted by atomic mass is 10.0. The molecular weight excluding hydrogens is 418 g/mol. The van der Waals surface area contributed by atoms with Crippen molar-refractivity contribution in [2.45, 2.75) is 26.3 Å². The molecule has 7 nitrogen and oxygen atoms in total. The van der Waals surface area contributed by atoms with Gasteiger partial charge in [-0.3, -0.25) is 19.3 Å². The van der Waals surface area contributed by atoms with E-state index in [1.165, 1.54) is 4.90 Å². The molecule has 7 heteroatoms. The van der Waals surface area contributed by atoms with Crippen molar-refractivity contribution < 1.29 is 19.1 Å². The number of benzene rings is 3. The number of para-hydroxylation sites is 4. The summed E-state index contributed by atoms with van der Waals surface area (Å²) in [4.78, 5) is 41.1. The molecule has 0 bridgehead atoms. The van der Waals surface area contributed by atoms with Crippen LogP contribution in [0.3, 0.4) is 0 Å². The number of hydrogen-bond donors (Lipinski definition) is 2. The third-order valence-electron chi connectivity index (χ3n) is 5.47. The Balaban J connectivity index is 1.66. The normalized spacial score (nSPS) is 14.8. The zero-order valence-electron chi connectivity index (χ0n) is 18.5. The number of anilines is 3. The molecule has 0 radical (unpaired) electrons. The molecular formula is C26H25N3O4. The molecule has 0 saturated heterocycles. The molecule has 1 aliphatic rings. The van der Waals surface area contributed by atoms with E-state index in [2.05, 4.69) is 10.6 Å². The molecule has 4 rings (SSSR count). The third kappa shape index (κ3) is 4.57. The number of fused-ring (bicyclic) bond motifs is 1. The Bertz CT molecular complexity index is 1210. The number of rotatable bonds is 6. The van der Waals surface area contributed by atoms with Crippen molar-refractivity contribution in [3.8, 4) is 5.75 Å². The minimum atomic E-state index is -1.01. The molecule has 0 spiro atoms. The average Bonchev–Trinajstić information content (AvgIpc) is 2.81. The van der Waals surface area contributed by atoms with Crippen LogP contribution in [-0.2, 0) is 9.59 Å². The number of hydrogen-bond acceptors (Lipinski definition) is 4. The summed E-state index contributed by atoms with van der Waals surface area (Å²) < 4.78 is 5.57. The topological polar surface area (TPSA) is 87.7 Å². The molecule has 2 N–H and O–H groups in total. The van der Waals surface area contributed by atoms with Crippen LogP contribution in [0.15, 0.2) is 72.8 Å². The van der Waals surface area contributed by atoms with E-state index in [0.29, 0.717) is 35.0 Å². The van der Waals surface area contributed by atoms with Gasteiger partial charge < -0.3 is 15.4 Å². The van der Waals surface area contributed by atoms with Crippen molar-refractivity contribution in [2.75, 3.05) is 22.1 Å². The predicted octanol–water partition coefficient (Wildman–Crippen LogP) is 4.39. The van der Waals surface area contributed by atoms with Crippen LogP contribution in [0.2, 0.25) is 0 Å². The smallest absolute Gasteiger partial charge is 0.259 e. The van der Waals surface area contributed by atoms with Gasteiger partial charge in [0.15, 0.2) is 0 Å². The van der Waals surface area contributed by atoms with E-state index < -0.39 is 17.9 Å². The van der Waals surface area contributed by atoms with Gasteiger partial charge in [0.25, 0.3) is 5.91 Å². The SMILES string of the molecule is CCOc1ccccc1NC(=O)CC1C(=O)Nc2ccccc2N1C(=O)c1ccccc1C. The summed E-state index contributed by atoms with van der Waals surface area (Å²) in [5.74, 6) is -0.601. The van der Waals surface area contributed by atoms with Crippen LogP contribution in [-0.4, -0.2) is 30.4 Å². The molecule has 33 heavy (non-hydrogen) atoms. The Labute approximate surface area is 192 Å². The highest BCUT2D eigenvalue weighted by molar-refractivity contribution is 6.18. The van der Waals surface area contributed by atoms with Gasteiger partial charge in [-0.25, -0.2) is 0 Å². The van der Waals surface area contributed by atoms with Crippen LogP contribution >= 0.6 is 0 Å². The van der Waals surface area contributed by atoms with Gasteiger partial charge in [0.2, 0.25) is 11.8 Å². The molecule has 0 aromatic heterocycles. The van der Waals surface area contributed by atoms with E-state index in [1.807, 2.05) is 32.0 Å². The minimum Gasteiger partial charge on any atom is -0.492 e. The molecule has 3 amide bonds. The highest BCUT2D eigenvalue weighted by Gasteiger charge is 2.39. The highest BCUT2D eigenvalue weighted by atomic mass is 16.5. The Hall–Kier alpha value is -4.13. The first-order valence-corrected chi connectivity index (χ1v) is 10.8. The summed E-state index contributed by atoms with van der Waals surface area (Å²) >= 11 is 0. The number of aryl methyl sites for hydroxylation is 1. The fourth-order valence-corrected chi connectivity index (χ4v) is 3.90. The van der Waals surface area contributed by atoms with E-state index in [1.54, 1.807) is 54.6 Å². The molecule has 0 fully saturated rings. The first-order chi connectivity index (χ1) is 16.0. The van der Waals surface area contributed by atoms with Gasteiger partial charge in [0.1, 0.15) is 11.8 Å². The van der Waals surface area contributed by atoms with E-state index in [9.17, 15) is 14.4 Å². The summed E-state index contributed by atoms with van der Waals surface area (Å²) in [5.41, 5.74) is 2.87. The average molecular weight is 444 g/mol. The van der Waals surface area contributed by atoms with Crippen LogP contribution in [0.1, 0.15) is 29.3 Å². The fraction of sp³-hybridized carbons (Fsp3) is 0.192. The van der Waals surface area contributed by atoms with Crippen LogP contribution < -0.4 is 20.3 Å². The van der Waals surface area contributed by atoms with Crippen molar-refractivity contribution in [3.05, 3.63) is 83.9 Å². The zero-order chi connectivity index (χ0) is 23.4. The van der Waals surface area contributed by atoms with Crippen LogP contribution in [0.4, 0.5) is 17.1 Å². The molecule has 0 aliphatic carbocycles. The lowest BCUT2D eigenvalue weighted by Crippen LogP contribution is -2.52. The Morgan fingerprint density at radius 1 is 1.00 bits per heavy atom. The number of ether oxygens (including phenoxy) is 1. The summed E-state index contributed by atoms with van der Waals surface area (Å²) in [6.45, 7) is 4.15. The second kappa shape index (κ2) is 9.56. The van der Waals surface area contributed by atoms with Gasteiger partial charge in [-0.1, -0.05) is 42.5 Å². The highest BCUT2D eigenvalue weighted by Crippen LogP contribution is 2.35. The molecule has 1 aliphatic heterocycles.